The summed E-state index contributed by atoms with van der Waals surface area (Å²) < 4.78 is 6.48. The van der Waals surface area contributed by atoms with Gasteiger partial charge in [-0.25, -0.2) is 0 Å². The summed E-state index contributed by atoms with van der Waals surface area (Å²) in [6.45, 7) is 5.64. The summed E-state index contributed by atoms with van der Waals surface area (Å²) in [5.74, 6) is 1.85. The van der Waals surface area contributed by atoms with Crippen molar-refractivity contribution >= 4 is 11.8 Å². The normalized spacial score (nSPS) is 20.9. The second-order valence-corrected chi connectivity index (χ2v) is 8.69. The molecule has 0 aromatic heterocycles. The van der Waals surface area contributed by atoms with Gasteiger partial charge in [0.2, 0.25) is 11.8 Å². The topological polar surface area (TPSA) is 49.9 Å². The van der Waals surface area contributed by atoms with Gasteiger partial charge in [-0.2, -0.15) is 0 Å². The van der Waals surface area contributed by atoms with Gasteiger partial charge in [0.05, 0.1) is 0 Å². The Balaban J connectivity index is 1.74. The molecular weight excluding hydrogens is 340 g/mol. The standard InChI is InChI=1S/C22H32N2O3/c1-16(2)13-21(26)24-11-9-22(10-12-24)15-17(14-20(25)23(3)4)18-7-5-6-8-19(18)27-22/h5-8,16-17H,9-15H2,1-4H3/t17-/m0/s1. The molecule has 3 rings (SSSR count). The Morgan fingerprint density at radius 3 is 2.52 bits per heavy atom. The van der Waals surface area contributed by atoms with E-state index >= 15 is 0 Å². The van der Waals surface area contributed by atoms with Crippen LogP contribution in [0.3, 0.4) is 0 Å². The van der Waals surface area contributed by atoms with Gasteiger partial charge in [0, 0.05) is 58.8 Å². The van der Waals surface area contributed by atoms with Gasteiger partial charge < -0.3 is 14.5 Å². The van der Waals surface area contributed by atoms with E-state index in [0.717, 1.165) is 43.7 Å². The minimum absolute atomic E-state index is 0.149. The van der Waals surface area contributed by atoms with Crippen molar-refractivity contribution in [2.45, 2.75) is 57.5 Å². The molecular formula is C22H32N2O3. The molecule has 148 valence electrons. The number of likely N-dealkylation sites (tertiary alicyclic amines) is 1. The smallest absolute Gasteiger partial charge is 0.222 e. The maximum absolute atomic E-state index is 12.4. The first-order valence-corrected chi connectivity index (χ1v) is 10.1. The van der Waals surface area contributed by atoms with Crippen molar-refractivity contribution in [3.63, 3.8) is 0 Å². The molecule has 0 aliphatic carbocycles. The Labute approximate surface area is 162 Å². The molecule has 0 radical (unpaired) electrons. The number of ether oxygens (including phenoxy) is 1. The molecule has 5 heteroatoms. The molecule has 0 N–H and O–H groups in total. The van der Waals surface area contributed by atoms with Crippen LogP contribution in [0.1, 0.15) is 57.4 Å². The monoisotopic (exact) mass is 372 g/mol. The van der Waals surface area contributed by atoms with Crippen LogP contribution in [-0.2, 0) is 9.59 Å². The number of hydrogen-bond donors (Lipinski definition) is 0. The van der Waals surface area contributed by atoms with E-state index in [1.54, 1.807) is 4.90 Å². The predicted molar refractivity (Wildman–Crippen MR) is 106 cm³/mol. The molecule has 2 aliphatic rings. The molecule has 0 unspecified atom stereocenters. The summed E-state index contributed by atoms with van der Waals surface area (Å²) in [5.41, 5.74) is 0.872. The number of nitrogens with zero attached hydrogens (tertiary/aromatic N) is 2. The lowest BCUT2D eigenvalue weighted by atomic mass is 9.76. The fourth-order valence-corrected chi connectivity index (χ4v) is 4.27. The van der Waals surface area contributed by atoms with Crippen molar-refractivity contribution in [2.24, 2.45) is 5.92 Å². The van der Waals surface area contributed by atoms with Crippen LogP contribution < -0.4 is 4.74 Å². The van der Waals surface area contributed by atoms with E-state index in [1.165, 1.54) is 0 Å². The molecule has 1 fully saturated rings. The van der Waals surface area contributed by atoms with Crippen LogP contribution in [0.5, 0.6) is 5.75 Å². The van der Waals surface area contributed by atoms with Crippen LogP contribution in [0.25, 0.3) is 0 Å². The summed E-state index contributed by atoms with van der Waals surface area (Å²) in [4.78, 5) is 28.4. The maximum Gasteiger partial charge on any atom is 0.222 e. The SMILES string of the molecule is CC(C)CC(=O)N1CCC2(CC1)C[C@H](CC(=O)N(C)C)c1ccccc1O2. The third-order valence-electron chi connectivity index (χ3n) is 5.83. The van der Waals surface area contributed by atoms with E-state index in [4.69, 9.17) is 4.74 Å². The van der Waals surface area contributed by atoms with Crippen LogP contribution >= 0.6 is 0 Å². The zero-order chi connectivity index (χ0) is 19.6. The molecule has 1 spiro atoms. The van der Waals surface area contributed by atoms with E-state index < -0.39 is 0 Å². The van der Waals surface area contributed by atoms with Gasteiger partial charge in [0.1, 0.15) is 11.4 Å². The van der Waals surface area contributed by atoms with Crippen molar-refractivity contribution < 1.29 is 14.3 Å². The lowest BCUT2D eigenvalue weighted by molar-refractivity contribution is -0.136. The highest BCUT2D eigenvalue weighted by Gasteiger charge is 2.44. The highest BCUT2D eigenvalue weighted by Crippen LogP contribution is 2.46. The Morgan fingerprint density at radius 1 is 1.22 bits per heavy atom. The van der Waals surface area contributed by atoms with Gasteiger partial charge in [-0.3, -0.25) is 9.59 Å². The summed E-state index contributed by atoms with van der Waals surface area (Å²) in [6, 6.07) is 8.10. The van der Waals surface area contributed by atoms with Gasteiger partial charge in [0.15, 0.2) is 0 Å². The minimum Gasteiger partial charge on any atom is -0.487 e. The number of rotatable bonds is 4. The zero-order valence-electron chi connectivity index (χ0n) is 17.0. The summed E-state index contributed by atoms with van der Waals surface area (Å²) in [5, 5.41) is 0. The number of amides is 2. The third kappa shape index (κ3) is 4.45. The quantitative estimate of drug-likeness (QED) is 0.813. The van der Waals surface area contributed by atoms with Crippen molar-refractivity contribution in [3.05, 3.63) is 29.8 Å². The third-order valence-corrected chi connectivity index (χ3v) is 5.83. The van der Waals surface area contributed by atoms with Crippen LogP contribution in [0.4, 0.5) is 0 Å². The lowest BCUT2D eigenvalue weighted by Crippen LogP contribution is -2.52. The molecule has 27 heavy (non-hydrogen) atoms. The number of para-hydroxylation sites is 1. The molecule has 2 aliphatic heterocycles. The fraction of sp³-hybridized carbons (Fsp3) is 0.636. The first-order chi connectivity index (χ1) is 12.8. The Morgan fingerprint density at radius 2 is 1.89 bits per heavy atom. The van der Waals surface area contributed by atoms with Crippen molar-refractivity contribution in [1.29, 1.82) is 0 Å². The van der Waals surface area contributed by atoms with Crippen molar-refractivity contribution in [2.75, 3.05) is 27.2 Å². The Bertz CT molecular complexity index is 691. The molecule has 2 amide bonds. The summed E-state index contributed by atoms with van der Waals surface area (Å²) in [6.07, 6.45) is 3.62. The zero-order valence-corrected chi connectivity index (χ0v) is 17.0. The Hall–Kier alpha value is -2.04. The largest absolute Gasteiger partial charge is 0.487 e. The van der Waals surface area contributed by atoms with Gasteiger partial charge >= 0.3 is 0 Å². The number of hydrogen-bond acceptors (Lipinski definition) is 3. The average molecular weight is 373 g/mol. The van der Waals surface area contributed by atoms with E-state index in [-0.39, 0.29) is 23.3 Å². The first kappa shape index (κ1) is 19.7. The number of carbonyl (C=O) groups excluding carboxylic acids is 2. The first-order valence-electron chi connectivity index (χ1n) is 10.1. The van der Waals surface area contributed by atoms with E-state index in [1.807, 2.05) is 37.2 Å². The molecule has 1 saturated heterocycles. The van der Waals surface area contributed by atoms with Crippen LogP contribution in [0, 0.1) is 5.92 Å². The second-order valence-electron chi connectivity index (χ2n) is 8.69. The van der Waals surface area contributed by atoms with Gasteiger partial charge in [-0.15, -0.1) is 0 Å². The minimum atomic E-state index is -0.264. The molecule has 0 bridgehead atoms. The van der Waals surface area contributed by atoms with Crippen LogP contribution in [-0.4, -0.2) is 54.4 Å². The van der Waals surface area contributed by atoms with Crippen LogP contribution in [0.2, 0.25) is 0 Å². The Kier molecular flexibility index (Phi) is 5.78. The molecule has 5 nitrogen and oxygen atoms in total. The number of benzene rings is 1. The van der Waals surface area contributed by atoms with E-state index in [0.29, 0.717) is 18.8 Å². The molecule has 1 atom stereocenters. The number of piperidine rings is 1. The fourth-order valence-electron chi connectivity index (χ4n) is 4.27. The number of carbonyl (C=O) groups is 2. The van der Waals surface area contributed by atoms with E-state index in [2.05, 4.69) is 19.9 Å². The molecule has 2 heterocycles. The van der Waals surface area contributed by atoms with Crippen molar-refractivity contribution in [1.82, 2.24) is 9.80 Å². The van der Waals surface area contributed by atoms with Gasteiger partial charge in [-0.1, -0.05) is 32.0 Å². The predicted octanol–water partition coefficient (Wildman–Crippen LogP) is 3.44. The molecule has 1 aromatic rings. The molecule has 1 aromatic carbocycles. The van der Waals surface area contributed by atoms with Crippen LogP contribution in [0.15, 0.2) is 24.3 Å². The number of fused-ring (bicyclic) bond motifs is 1. The average Bonchev–Trinajstić information content (AvgIpc) is 2.61. The molecule has 0 saturated carbocycles. The van der Waals surface area contributed by atoms with Crippen molar-refractivity contribution in [3.8, 4) is 5.75 Å². The van der Waals surface area contributed by atoms with Gasteiger partial charge in [-0.05, 0) is 24.0 Å². The summed E-state index contributed by atoms with van der Waals surface area (Å²) >= 11 is 0. The highest BCUT2D eigenvalue weighted by atomic mass is 16.5. The maximum atomic E-state index is 12.4. The lowest BCUT2D eigenvalue weighted by Gasteiger charge is -2.47. The summed E-state index contributed by atoms with van der Waals surface area (Å²) in [7, 11) is 3.62. The highest BCUT2D eigenvalue weighted by molar-refractivity contribution is 5.77. The second kappa shape index (κ2) is 7.91. The van der Waals surface area contributed by atoms with E-state index in [9.17, 15) is 9.59 Å². The van der Waals surface area contributed by atoms with Gasteiger partial charge in [0.25, 0.3) is 0 Å².